The maximum absolute atomic E-state index is 13.3. The van der Waals surface area contributed by atoms with Gasteiger partial charge in [-0.1, -0.05) is 28.0 Å². The van der Waals surface area contributed by atoms with Crippen molar-refractivity contribution in [3.8, 4) is 0 Å². The quantitative estimate of drug-likeness (QED) is 0.580. The number of nitrogens with zero attached hydrogens (tertiary/aromatic N) is 1. The zero-order chi connectivity index (χ0) is 18.7. The normalized spacial score (nSPS) is 23.6. The van der Waals surface area contributed by atoms with E-state index < -0.39 is 23.4 Å². The number of amides is 1. The van der Waals surface area contributed by atoms with Gasteiger partial charge in [0.15, 0.2) is 0 Å². The molecule has 9 heteroatoms. The Morgan fingerprint density at radius 1 is 1.58 bits per heavy atom. The minimum atomic E-state index is -1.54. The summed E-state index contributed by atoms with van der Waals surface area (Å²) in [5.41, 5.74) is 0.386. The minimum Gasteiger partial charge on any atom is -0.579 e. The van der Waals surface area contributed by atoms with Gasteiger partial charge in [-0.25, -0.2) is 4.39 Å². The summed E-state index contributed by atoms with van der Waals surface area (Å²) in [5.74, 6) is -0.885. The molecule has 0 saturated carbocycles. The standard InChI is InChI=1S/C17H17ClFN3O2S2/c1-2-7-22-15(10-14(21-26(22)24)16-4-3-8-25-16)17(23)20-11-5-6-13(19)12(18)9-11/h2-6,8-9,14-15,21H,1,7,10H2,(H,20,23). The molecule has 1 amide bonds. The van der Waals surface area contributed by atoms with E-state index in [0.717, 1.165) is 4.88 Å². The molecule has 1 saturated heterocycles. The second kappa shape index (κ2) is 8.51. The monoisotopic (exact) mass is 413 g/mol. The van der Waals surface area contributed by atoms with Gasteiger partial charge >= 0.3 is 0 Å². The van der Waals surface area contributed by atoms with Gasteiger partial charge in [-0.15, -0.1) is 22.6 Å². The van der Waals surface area contributed by atoms with E-state index >= 15 is 0 Å². The molecule has 0 spiro atoms. The number of carbonyl (C=O) groups is 1. The van der Waals surface area contributed by atoms with Gasteiger partial charge in [0.2, 0.25) is 5.91 Å². The molecule has 1 aromatic carbocycles. The highest BCUT2D eigenvalue weighted by Crippen LogP contribution is 2.31. The number of rotatable bonds is 5. The van der Waals surface area contributed by atoms with Crippen LogP contribution in [0.25, 0.3) is 0 Å². The van der Waals surface area contributed by atoms with Crippen LogP contribution in [0.2, 0.25) is 5.02 Å². The van der Waals surface area contributed by atoms with Gasteiger partial charge in [0, 0.05) is 17.0 Å². The lowest BCUT2D eigenvalue weighted by molar-refractivity contribution is -0.120. The lowest BCUT2D eigenvalue weighted by Gasteiger charge is -2.37. The third-order valence-electron chi connectivity index (χ3n) is 3.95. The molecule has 1 aliphatic heterocycles. The van der Waals surface area contributed by atoms with Gasteiger partial charge in [-0.05, 0) is 29.6 Å². The highest BCUT2D eigenvalue weighted by molar-refractivity contribution is 7.87. The topological polar surface area (TPSA) is 67.4 Å². The third-order valence-corrected chi connectivity index (χ3v) is 6.54. The molecule has 0 aliphatic carbocycles. The zero-order valence-electron chi connectivity index (χ0n) is 13.7. The predicted molar refractivity (Wildman–Crippen MR) is 104 cm³/mol. The minimum absolute atomic E-state index is 0.0731. The van der Waals surface area contributed by atoms with Crippen LogP contribution in [0.1, 0.15) is 17.3 Å². The van der Waals surface area contributed by atoms with Crippen LogP contribution in [-0.2, 0) is 16.3 Å². The molecule has 1 aromatic heterocycles. The van der Waals surface area contributed by atoms with E-state index in [-0.39, 0.29) is 17.0 Å². The fraction of sp³-hybridized carbons (Fsp3) is 0.235. The highest BCUT2D eigenvalue weighted by Gasteiger charge is 2.43. The Labute approximate surface area is 163 Å². The van der Waals surface area contributed by atoms with E-state index in [4.69, 9.17) is 11.6 Å². The number of anilines is 1. The Morgan fingerprint density at radius 2 is 2.38 bits per heavy atom. The fourth-order valence-electron chi connectivity index (χ4n) is 2.72. The summed E-state index contributed by atoms with van der Waals surface area (Å²) in [6.07, 6.45) is 2.04. The van der Waals surface area contributed by atoms with Gasteiger partial charge in [0.05, 0.1) is 17.6 Å². The molecule has 0 bridgehead atoms. The summed E-state index contributed by atoms with van der Waals surface area (Å²) in [7, 11) is 0. The summed E-state index contributed by atoms with van der Waals surface area (Å²) in [4.78, 5) is 13.8. The number of hydrogen-bond donors (Lipinski definition) is 2. The average Bonchev–Trinajstić information content (AvgIpc) is 3.14. The third kappa shape index (κ3) is 4.28. The number of nitrogens with one attached hydrogen (secondary N) is 2. The van der Waals surface area contributed by atoms with Crippen molar-refractivity contribution >= 4 is 46.1 Å². The van der Waals surface area contributed by atoms with Crippen molar-refractivity contribution in [3.05, 3.63) is 64.1 Å². The van der Waals surface area contributed by atoms with Crippen molar-refractivity contribution in [2.75, 3.05) is 11.9 Å². The Bertz CT molecular complexity index is 790. The Kier molecular flexibility index (Phi) is 6.33. The van der Waals surface area contributed by atoms with Crippen LogP contribution in [0.15, 0.2) is 48.4 Å². The molecule has 2 N–H and O–H groups in total. The molecule has 3 rings (SSSR count). The van der Waals surface area contributed by atoms with E-state index in [2.05, 4.69) is 16.6 Å². The average molecular weight is 414 g/mol. The van der Waals surface area contributed by atoms with E-state index in [1.165, 1.54) is 22.5 Å². The summed E-state index contributed by atoms with van der Waals surface area (Å²) >= 11 is 5.77. The molecule has 2 aromatic rings. The first-order valence-electron chi connectivity index (χ1n) is 7.84. The SMILES string of the molecule is C=CCN1C(C(=O)Nc2ccc(F)c(Cl)c2)CC(c2cccs2)N[S+]1[O-]. The van der Waals surface area contributed by atoms with Crippen LogP contribution in [0.3, 0.4) is 0 Å². The molecule has 0 radical (unpaired) electrons. The number of carbonyl (C=O) groups excluding carboxylic acids is 1. The molecule has 2 heterocycles. The fourth-order valence-corrected chi connectivity index (χ4v) is 5.02. The van der Waals surface area contributed by atoms with Gasteiger partial charge in [-0.3, -0.25) is 4.79 Å². The van der Waals surface area contributed by atoms with E-state index in [1.54, 1.807) is 17.4 Å². The zero-order valence-corrected chi connectivity index (χ0v) is 16.0. The van der Waals surface area contributed by atoms with Gasteiger partial charge in [0.25, 0.3) is 0 Å². The van der Waals surface area contributed by atoms with Crippen LogP contribution in [0, 0.1) is 5.82 Å². The van der Waals surface area contributed by atoms with Crippen molar-refractivity contribution < 1.29 is 13.7 Å². The Hall–Kier alpha value is -1.42. The Balaban J connectivity index is 1.80. The molecule has 3 atom stereocenters. The first-order chi connectivity index (χ1) is 12.5. The van der Waals surface area contributed by atoms with Crippen LogP contribution in [-0.4, -0.2) is 27.4 Å². The molecule has 1 aliphatic rings. The lowest BCUT2D eigenvalue weighted by Crippen LogP contribution is -2.57. The van der Waals surface area contributed by atoms with Crippen molar-refractivity contribution in [2.45, 2.75) is 18.5 Å². The van der Waals surface area contributed by atoms with Crippen molar-refractivity contribution in [1.82, 2.24) is 9.03 Å². The molecule has 1 fully saturated rings. The maximum Gasteiger partial charge on any atom is 0.246 e. The summed E-state index contributed by atoms with van der Waals surface area (Å²) < 4.78 is 30.5. The van der Waals surface area contributed by atoms with E-state index in [9.17, 15) is 13.7 Å². The number of halogens is 2. The van der Waals surface area contributed by atoms with Crippen LogP contribution >= 0.6 is 22.9 Å². The van der Waals surface area contributed by atoms with Gasteiger partial charge in [-0.2, -0.15) is 0 Å². The molecular formula is C17H17ClFN3O2S2. The van der Waals surface area contributed by atoms with Crippen molar-refractivity contribution in [1.29, 1.82) is 0 Å². The van der Waals surface area contributed by atoms with Gasteiger partial charge in [0.1, 0.15) is 23.4 Å². The first-order valence-corrected chi connectivity index (χ1v) is 10.2. The second-order valence-electron chi connectivity index (χ2n) is 5.69. The van der Waals surface area contributed by atoms with Crippen LogP contribution < -0.4 is 10.0 Å². The predicted octanol–water partition coefficient (Wildman–Crippen LogP) is 3.65. The first kappa shape index (κ1) is 19.3. The van der Waals surface area contributed by atoms with Crippen molar-refractivity contribution in [3.63, 3.8) is 0 Å². The van der Waals surface area contributed by atoms with Crippen LogP contribution in [0.5, 0.6) is 0 Å². The number of benzene rings is 1. The highest BCUT2D eigenvalue weighted by atomic mass is 35.5. The smallest absolute Gasteiger partial charge is 0.246 e. The molecule has 3 unspecified atom stereocenters. The second-order valence-corrected chi connectivity index (χ2v) is 8.28. The summed E-state index contributed by atoms with van der Waals surface area (Å²) in [6, 6.07) is 7.01. The van der Waals surface area contributed by atoms with Crippen LogP contribution in [0.4, 0.5) is 10.1 Å². The van der Waals surface area contributed by atoms with E-state index in [0.29, 0.717) is 18.7 Å². The molecule has 5 nitrogen and oxygen atoms in total. The summed E-state index contributed by atoms with van der Waals surface area (Å²) in [5, 5.41) is 4.59. The summed E-state index contributed by atoms with van der Waals surface area (Å²) in [6.45, 7) is 3.96. The molecule has 26 heavy (non-hydrogen) atoms. The van der Waals surface area contributed by atoms with Crippen molar-refractivity contribution in [2.24, 2.45) is 0 Å². The molecule has 138 valence electrons. The lowest BCUT2D eigenvalue weighted by atomic mass is 10.0. The largest absolute Gasteiger partial charge is 0.579 e. The Morgan fingerprint density at radius 3 is 3.04 bits per heavy atom. The number of thiophene rings is 1. The van der Waals surface area contributed by atoms with Gasteiger partial charge < -0.3 is 9.87 Å². The molecular weight excluding hydrogens is 397 g/mol. The number of hydrogen-bond acceptors (Lipinski definition) is 5. The maximum atomic E-state index is 13.3. The van der Waals surface area contributed by atoms with E-state index in [1.807, 2.05) is 17.5 Å².